The minimum Gasteiger partial charge on any atom is -0.356 e. The van der Waals surface area contributed by atoms with Crippen molar-refractivity contribution >= 4 is 5.91 Å². The Hall–Kier alpha value is -1.58. The van der Waals surface area contributed by atoms with Crippen LogP contribution in [-0.2, 0) is 7.05 Å². The van der Waals surface area contributed by atoms with Gasteiger partial charge in [0.2, 0.25) is 0 Å². The van der Waals surface area contributed by atoms with Crippen molar-refractivity contribution in [2.45, 2.75) is 44.6 Å². The summed E-state index contributed by atoms with van der Waals surface area (Å²) in [4.78, 5) is 23.9. The lowest BCUT2D eigenvalue weighted by molar-refractivity contribution is 0.0915. The summed E-state index contributed by atoms with van der Waals surface area (Å²) in [7, 11) is 1.82. The first kappa shape index (κ1) is 12.5. The molecule has 0 aliphatic heterocycles. The molecule has 1 atom stereocenters. The Labute approximate surface area is 112 Å². The first-order valence-corrected chi connectivity index (χ1v) is 7.05. The van der Waals surface area contributed by atoms with E-state index in [2.05, 4.69) is 5.32 Å². The van der Waals surface area contributed by atoms with Gasteiger partial charge >= 0.3 is 0 Å². The highest BCUT2D eigenvalue weighted by Crippen LogP contribution is 2.56. The number of carbonyl (C=O) groups excluding carboxylic acids is 1. The van der Waals surface area contributed by atoms with Gasteiger partial charge in [0.15, 0.2) is 5.43 Å². The fourth-order valence-corrected chi connectivity index (χ4v) is 3.22. The summed E-state index contributed by atoms with van der Waals surface area (Å²) in [6.45, 7) is 0. The largest absolute Gasteiger partial charge is 0.356 e. The standard InChI is InChI=1S/C15H20N2O2/c1-17-8-4-13(18)12(10-17)14(19)16-11-3-2-5-15(9-11)6-7-15/h4,8,10-11H,2-3,5-7,9H2,1H3,(H,16,19). The first-order valence-electron chi connectivity index (χ1n) is 7.05. The molecule has 2 aliphatic rings. The number of hydrogen-bond donors (Lipinski definition) is 1. The van der Waals surface area contributed by atoms with E-state index in [1.54, 1.807) is 17.0 Å². The molecule has 3 rings (SSSR count). The van der Waals surface area contributed by atoms with Crippen molar-refractivity contribution in [1.82, 2.24) is 9.88 Å². The van der Waals surface area contributed by atoms with Crippen molar-refractivity contribution in [2.24, 2.45) is 12.5 Å². The lowest BCUT2D eigenvalue weighted by Crippen LogP contribution is -2.40. The van der Waals surface area contributed by atoms with Crippen molar-refractivity contribution in [3.05, 3.63) is 34.2 Å². The fourth-order valence-electron chi connectivity index (χ4n) is 3.22. The average Bonchev–Trinajstić information content (AvgIpc) is 3.11. The van der Waals surface area contributed by atoms with E-state index in [9.17, 15) is 9.59 Å². The molecule has 1 unspecified atom stereocenters. The summed E-state index contributed by atoms with van der Waals surface area (Å²) in [5, 5.41) is 3.05. The summed E-state index contributed by atoms with van der Waals surface area (Å²) in [6.07, 6.45) is 10.5. The summed E-state index contributed by atoms with van der Waals surface area (Å²) in [5.74, 6) is -0.219. The van der Waals surface area contributed by atoms with Gasteiger partial charge in [0.25, 0.3) is 5.91 Å². The predicted molar refractivity (Wildman–Crippen MR) is 73.1 cm³/mol. The van der Waals surface area contributed by atoms with E-state index in [-0.39, 0.29) is 22.9 Å². The van der Waals surface area contributed by atoms with Crippen molar-refractivity contribution in [2.75, 3.05) is 0 Å². The van der Waals surface area contributed by atoms with Crippen molar-refractivity contribution in [3.63, 3.8) is 0 Å². The molecule has 2 fully saturated rings. The normalized spacial score (nSPS) is 24.2. The molecule has 1 heterocycles. The van der Waals surface area contributed by atoms with Crippen LogP contribution in [0.2, 0.25) is 0 Å². The van der Waals surface area contributed by atoms with Gasteiger partial charge in [-0.05, 0) is 37.5 Å². The van der Waals surface area contributed by atoms with Crippen LogP contribution < -0.4 is 10.7 Å². The molecule has 2 aliphatic carbocycles. The van der Waals surface area contributed by atoms with E-state index < -0.39 is 0 Å². The Morgan fingerprint density at radius 2 is 2.21 bits per heavy atom. The Balaban J connectivity index is 1.70. The molecule has 2 saturated carbocycles. The molecular formula is C15H20N2O2. The molecule has 4 nitrogen and oxygen atoms in total. The van der Waals surface area contributed by atoms with Crippen LogP contribution in [0.3, 0.4) is 0 Å². The Morgan fingerprint density at radius 3 is 2.95 bits per heavy atom. The third-order valence-electron chi connectivity index (χ3n) is 4.54. The van der Waals surface area contributed by atoms with Gasteiger partial charge in [0, 0.05) is 31.5 Å². The summed E-state index contributed by atoms with van der Waals surface area (Å²) in [6, 6.07) is 1.69. The Bertz CT molecular complexity index is 558. The van der Waals surface area contributed by atoms with Gasteiger partial charge in [0.1, 0.15) is 5.56 Å². The van der Waals surface area contributed by atoms with Gasteiger partial charge in [-0.1, -0.05) is 6.42 Å². The molecule has 19 heavy (non-hydrogen) atoms. The summed E-state index contributed by atoms with van der Waals surface area (Å²) >= 11 is 0. The second-order valence-corrected chi connectivity index (χ2v) is 6.15. The quantitative estimate of drug-likeness (QED) is 0.882. The smallest absolute Gasteiger partial charge is 0.256 e. The number of amides is 1. The van der Waals surface area contributed by atoms with E-state index in [0.717, 1.165) is 12.8 Å². The molecule has 1 amide bonds. The highest BCUT2D eigenvalue weighted by Gasteiger charge is 2.45. The van der Waals surface area contributed by atoms with Crippen LogP contribution in [-0.4, -0.2) is 16.5 Å². The number of nitrogens with zero attached hydrogens (tertiary/aromatic N) is 1. The van der Waals surface area contributed by atoms with Crippen molar-refractivity contribution in [1.29, 1.82) is 0 Å². The van der Waals surface area contributed by atoms with Crippen LogP contribution in [0.25, 0.3) is 0 Å². The summed E-state index contributed by atoms with van der Waals surface area (Å²) in [5.41, 5.74) is 0.575. The van der Waals surface area contributed by atoms with Gasteiger partial charge in [-0.3, -0.25) is 9.59 Å². The van der Waals surface area contributed by atoms with Crippen LogP contribution in [0.15, 0.2) is 23.3 Å². The number of carbonyl (C=O) groups is 1. The first-order chi connectivity index (χ1) is 9.08. The van der Waals surface area contributed by atoms with Gasteiger partial charge in [-0.25, -0.2) is 0 Å². The van der Waals surface area contributed by atoms with E-state index >= 15 is 0 Å². The lowest BCUT2D eigenvalue weighted by atomic mass is 9.83. The zero-order valence-corrected chi connectivity index (χ0v) is 11.3. The van der Waals surface area contributed by atoms with E-state index in [4.69, 9.17) is 0 Å². The number of pyridine rings is 1. The molecule has 1 spiro atoms. The third kappa shape index (κ3) is 2.57. The number of rotatable bonds is 2. The maximum Gasteiger partial charge on any atom is 0.256 e. The zero-order chi connectivity index (χ0) is 13.5. The molecule has 0 bridgehead atoms. The Kier molecular flexibility index (Phi) is 2.96. The molecule has 1 aromatic heterocycles. The van der Waals surface area contributed by atoms with Crippen molar-refractivity contribution < 1.29 is 4.79 Å². The third-order valence-corrected chi connectivity index (χ3v) is 4.54. The van der Waals surface area contributed by atoms with Crippen LogP contribution in [0.4, 0.5) is 0 Å². The zero-order valence-electron chi connectivity index (χ0n) is 11.3. The minimum atomic E-state index is -0.219. The second-order valence-electron chi connectivity index (χ2n) is 6.15. The molecule has 0 saturated heterocycles. The molecule has 0 radical (unpaired) electrons. The topological polar surface area (TPSA) is 51.1 Å². The van der Waals surface area contributed by atoms with Crippen LogP contribution in [0.5, 0.6) is 0 Å². The summed E-state index contributed by atoms with van der Waals surface area (Å²) < 4.78 is 1.74. The highest BCUT2D eigenvalue weighted by molar-refractivity contribution is 5.93. The molecule has 4 heteroatoms. The van der Waals surface area contributed by atoms with Crippen LogP contribution in [0.1, 0.15) is 48.9 Å². The van der Waals surface area contributed by atoms with Gasteiger partial charge in [-0.2, -0.15) is 0 Å². The second kappa shape index (κ2) is 4.51. The SMILES string of the molecule is Cn1ccc(=O)c(C(=O)NC2CCCC3(CC3)C2)c1. The monoisotopic (exact) mass is 260 g/mol. The van der Waals surface area contributed by atoms with Crippen molar-refractivity contribution in [3.8, 4) is 0 Å². The maximum absolute atomic E-state index is 12.2. The van der Waals surface area contributed by atoms with Gasteiger partial charge < -0.3 is 9.88 Å². The maximum atomic E-state index is 12.2. The molecule has 0 aromatic carbocycles. The average molecular weight is 260 g/mol. The lowest BCUT2D eigenvalue weighted by Gasteiger charge is -2.29. The van der Waals surface area contributed by atoms with E-state index in [0.29, 0.717) is 5.41 Å². The number of nitrogens with one attached hydrogen (secondary N) is 1. The highest BCUT2D eigenvalue weighted by atomic mass is 16.2. The Morgan fingerprint density at radius 1 is 1.42 bits per heavy atom. The number of hydrogen-bond acceptors (Lipinski definition) is 2. The van der Waals surface area contributed by atoms with Crippen LogP contribution in [0, 0.1) is 5.41 Å². The number of aryl methyl sites for hydroxylation is 1. The van der Waals surface area contributed by atoms with Gasteiger partial charge in [-0.15, -0.1) is 0 Å². The number of aromatic nitrogens is 1. The molecule has 1 aromatic rings. The molecule has 1 N–H and O–H groups in total. The minimum absolute atomic E-state index is 0.201. The molecular weight excluding hydrogens is 240 g/mol. The van der Waals surface area contributed by atoms with E-state index in [1.165, 1.54) is 31.7 Å². The van der Waals surface area contributed by atoms with E-state index in [1.807, 2.05) is 7.05 Å². The van der Waals surface area contributed by atoms with Crippen LogP contribution >= 0.6 is 0 Å². The fraction of sp³-hybridized carbons (Fsp3) is 0.600. The molecule has 102 valence electrons. The predicted octanol–water partition coefficient (Wildman–Crippen LogP) is 1.84. The van der Waals surface area contributed by atoms with Gasteiger partial charge in [0.05, 0.1) is 0 Å².